The Morgan fingerprint density at radius 1 is 1.23 bits per heavy atom. The van der Waals surface area contributed by atoms with Crippen molar-refractivity contribution in [3.63, 3.8) is 0 Å². The molecule has 6 nitrogen and oxygen atoms in total. The lowest BCUT2D eigenvalue weighted by atomic mass is 9.81. The summed E-state index contributed by atoms with van der Waals surface area (Å²) < 4.78 is 32.6. The lowest BCUT2D eigenvalue weighted by Crippen LogP contribution is -2.39. The zero-order valence-corrected chi connectivity index (χ0v) is 15.6. The van der Waals surface area contributed by atoms with Gasteiger partial charge in [-0.05, 0) is 48.4 Å². The number of carbonyl (C=O) groups excluding carboxylic acids is 1. The number of benzene rings is 2. The van der Waals surface area contributed by atoms with Crippen molar-refractivity contribution in [1.82, 2.24) is 4.31 Å². The molecule has 2 aromatic carbocycles. The number of rotatable bonds is 3. The van der Waals surface area contributed by atoms with Gasteiger partial charge in [0.25, 0.3) is 0 Å². The standard InChI is InChI=1S/C18H17ClN2O4S/c1-25-13-5-6-16-15(10-13)18(17(22)20-16)7-8-21(11-18)26(23,24)14-4-2-3-12(19)9-14/h2-6,9-10H,7-8,11H2,1H3,(H,20,22)/t18-/m0/s1. The summed E-state index contributed by atoms with van der Waals surface area (Å²) in [6.07, 6.45) is 0.415. The smallest absolute Gasteiger partial charge is 0.243 e. The molecule has 0 bridgehead atoms. The SMILES string of the molecule is COc1ccc2c(c1)[C@@]1(CCN(S(=O)(=O)c3cccc(Cl)c3)C1)C(=O)N2. The van der Waals surface area contributed by atoms with E-state index in [0.29, 0.717) is 22.9 Å². The summed E-state index contributed by atoms with van der Waals surface area (Å²) in [4.78, 5) is 12.9. The molecular weight excluding hydrogens is 376 g/mol. The van der Waals surface area contributed by atoms with Crippen molar-refractivity contribution in [3.8, 4) is 5.75 Å². The Morgan fingerprint density at radius 2 is 2.04 bits per heavy atom. The van der Waals surface area contributed by atoms with Crippen molar-refractivity contribution >= 4 is 33.2 Å². The number of hydrogen-bond acceptors (Lipinski definition) is 4. The maximum Gasteiger partial charge on any atom is 0.243 e. The van der Waals surface area contributed by atoms with E-state index >= 15 is 0 Å². The number of sulfonamides is 1. The van der Waals surface area contributed by atoms with Gasteiger partial charge in [-0.1, -0.05) is 17.7 Å². The average molecular weight is 393 g/mol. The Hall–Kier alpha value is -2.09. The lowest BCUT2D eigenvalue weighted by molar-refractivity contribution is -0.120. The van der Waals surface area contributed by atoms with Crippen LogP contribution in [0.15, 0.2) is 47.4 Å². The van der Waals surface area contributed by atoms with E-state index in [1.807, 2.05) is 6.07 Å². The summed E-state index contributed by atoms with van der Waals surface area (Å²) >= 11 is 5.94. The Morgan fingerprint density at radius 3 is 2.77 bits per heavy atom. The highest BCUT2D eigenvalue weighted by Gasteiger charge is 2.53. The Bertz CT molecular complexity index is 1010. The molecule has 0 radical (unpaired) electrons. The molecule has 1 fully saturated rings. The van der Waals surface area contributed by atoms with Crippen LogP contribution in [0.5, 0.6) is 5.75 Å². The summed E-state index contributed by atoms with van der Waals surface area (Å²) in [7, 11) is -2.17. The lowest BCUT2D eigenvalue weighted by Gasteiger charge is -2.23. The van der Waals surface area contributed by atoms with Gasteiger partial charge in [-0.2, -0.15) is 4.31 Å². The monoisotopic (exact) mass is 392 g/mol. The molecule has 2 heterocycles. The molecule has 2 aliphatic rings. The first-order valence-corrected chi connectivity index (χ1v) is 9.94. The Labute approximate surface area is 156 Å². The number of hydrogen-bond donors (Lipinski definition) is 1. The van der Waals surface area contributed by atoms with Crippen molar-refractivity contribution in [2.24, 2.45) is 0 Å². The fraction of sp³-hybridized carbons (Fsp3) is 0.278. The number of nitrogens with one attached hydrogen (secondary N) is 1. The minimum atomic E-state index is -3.73. The van der Waals surface area contributed by atoms with Crippen LogP contribution in [0, 0.1) is 0 Å². The number of amides is 1. The molecule has 0 saturated carbocycles. The predicted octanol–water partition coefficient (Wildman–Crippen LogP) is 2.63. The largest absolute Gasteiger partial charge is 0.497 e. The van der Waals surface area contributed by atoms with Gasteiger partial charge in [0.15, 0.2) is 0 Å². The fourth-order valence-electron chi connectivity index (χ4n) is 3.68. The number of anilines is 1. The first-order chi connectivity index (χ1) is 12.4. The van der Waals surface area contributed by atoms with Crippen LogP contribution < -0.4 is 10.1 Å². The van der Waals surface area contributed by atoms with E-state index in [1.54, 1.807) is 31.4 Å². The third-order valence-electron chi connectivity index (χ3n) is 5.09. The number of nitrogens with zero attached hydrogens (tertiary/aromatic N) is 1. The molecule has 1 amide bonds. The van der Waals surface area contributed by atoms with E-state index in [9.17, 15) is 13.2 Å². The highest BCUT2D eigenvalue weighted by Crippen LogP contribution is 2.46. The number of fused-ring (bicyclic) bond motifs is 2. The van der Waals surface area contributed by atoms with Crippen molar-refractivity contribution in [2.75, 3.05) is 25.5 Å². The average Bonchev–Trinajstić information content (AvgIpc) is 3.19. The Balaban J connectivity index is 1.72. The second kappa shape index (κ2) is 5.97. The zero-order valence-electron chi connectivity index (χ0n) is 14.0. The molecule has 2 aliphatic heterocycles. The van der Waals surface area contributed by atoms with Gasteiger partial charge in [0.1, 0.15) is 5.75 Å². The molecule has 1 saturated heterocycles. The van der Waals surface area contributed by atoms with Crippen molar-refractivity contribution in [1.29, 1.82) is 0 Å². The van der Waals surface area contributed by atoms with Crippen LogP contribution in [0.2, 0.25) is 5.02 Å². The maximum atomic E-state index is 13.0. The molecule has 8 heteroatoms. The number of ether oxygens (including phenoxy) is 1. The Kier molecular flexibility index (Phi) is 3.98. The normalized spacial score (nSPS) is 22.5. The van der Waals surface area contributed by atoms with E-state index in [0.717, 1.165) is 5.56 Å². The third-order valence-corrected chi connectivity index (χ3v) is 7.17. The summed E-state index contributed by atoms with van der Waals surface area (Å²) in [5.74, 6) is 0.459. The van der Waals surface area contributed by atoms with Gasteiger partial charge in [-0.25, -0.2) is 8.42 Å². The highest BCUT2D eigenvalue weighted by molar-refractivity contribution is 7.89. The first-order valence-electron chi connectivity index (χ1n) is 8.12. The van der Waals surface area contributed by atoms with Gasteiger partial charge in [-0.3, -0.25) is 4.79 Å². The molecule has 1 N–H and O–H groups in total. The molecular formula is C18H17ClN2O4S. The minimum absolute atomic E-state index is 0.0911. The predicted molar refractivity (Wildman–Crippen MR) is 98.1 cm³/mol. The second-order valence-electron chi connectivity index (χ2n) is 6.49. The van der Waals surface area contributed by atoms with Gasteiger partial charge in [0, 0.05) is 23.8 Å². The summed E-state index contributed by atoms with van der Waals surface area (Å²) in [5, 5.41) is 3.22. The third kappa shape index (κ3) is 2.50. The molecule has 2 aromatic rings. The van der Waals surface area contributed by atoms with Gasteiger partial charge >= 0.3 is 0 Å². The van der Waals surface area contributed by atoms with E-state index < -0.39 is 15.4 Å². The molecule has 0 unspecified atom stereocenters. The van der Waals surface area contributed by atoms with E-state index in [2.05, 4.69) is 5.32 Å². The highest BCUT2D eigenvalue weighted by atomic mass is 35.5. The van der Waals surface area contributed by atoms with E-state index in [4.69, 9.17) is 16.3 Å². The quantitative estimate of drug-likeness (QED) is 0.871. The van der Waals surface area contributed by atoms with Gasteiger partial charge in [0.05, 0.1) is 17.4 Å². The van der Waals surface area contributed by atoms with Gasteiger partial charge in [0.2, 0.25) is 15.9 Å². The summed E-state index contributed by atoms with van der Waals surface area (Å²) in [6.45, 7) is 0.354. The molecule has 26 heavy (non-hydrogen) atoms. The summed E-state index contributed by atoms with van der Waals surface area (Å²) in [6, 6.07) is 11.5. The van der Waals surface area contributed by atoms with Gasteiger partial charge in [-0.15, -0.1) is 0 Å². The van der Waals surface area contributed by atoms with Crippen molar-refractivity contribution < 1.29 is 17.9 Å². The maximum absolute atomic E-state index is 13.0. The number of methoxy groups -OCH3 is 1. The molecule has 4 rings (SSSR count). The number of carbonyl (C=O) groups is 1. The van der Waals surface area contributed by atoms with Crippen molar-refractivity contribution in [3.05, 3.63) is 53.1 Å². The number of halogens is 1. The molecule has 1 atom stereocenters. The van der Waals surface area contributed by atoms with Crippen LogP contribution in [0.1, 0.15) is 12.0 Å². The van der Waals surface area contributed by atoms with Crippen LogP contribution >= 0.6 is 11.6 Å². The molecule has 0 aliphatic carbocycles. The summed E-state index contributed by atoms with van der Waals surface area (Å²) in [5.41, 5.74) is 0.596. The topological polar surface area (TPSA) is 75.7 Å². The minimum Gasteiger partial charge on any atom is -0.497 e. The molecule has 1 spiro atoms. The first kappa shape index (κ1) is 17.3. The van der Waals surface area contributed by atoms with Gasteiger partial charge < -0.3 is 10.1 Å². The molecule has 136 valence electrons. The van der Waals surface area contributed by atoms with Crippen LogP contribution in [0.25, 0.3) is 0 Å². The van der Waals surface area contributed by atoms with Crippen molar-refractivity contribution in [2.45, 2.75) is 16.7 Å². The van der Waals surface area contributed by atoms with Crippen LogP contribution in [0.4, 0.5) is 5.69 Å². The van der Waals surface area contributed by atoms with Crippen LogP contribution in [-0.2, 0) is 20.2 Å². The fourth-order valence-corrected chi connectivity index (χ4v) is 5.48. The van der Waals surface area contributed by atoms with Crippen LogP contribution in [-0.4, -0.2) is 38.8 Å². The van der Waals surface area contributed by atoms with Crippen LogP contribution in [0.3, 0.4) is 0 Å². The zero-order chi connectivity index (χ0) is 18.5. The second-order valence-corrected chi connectivity index (χ2v) is 8.87. The van der Waals surface area contributed by atoms with E-state index in [-0.39, 0.29) is 23.9 Å². The van der Waals surface area contributed by atoms with E-state index in [1.165, 1.54) is 16.4 Å². The molecule has 0 aromatic heterocycles.